The molecule has 0 fully saturated rings. The van der Waals surface area contributed by atoms with E-state index >= 15 is 0 Å². The fourth-order valence-corrected chi connectivity index (χ4v) is 3.73. The number of nitrogens with zero attached hydrogens (tertiary/aromatic N) is 1. The van der Waals surface area contributed by atoms with Gasteiger partial charge in [0.1, 0.15) is 11.6 Å². The van der Waals surface area contributed by atoms with Crippen molar-refractivity contribution in [3.8, 4) is 17.6 Å². The van der Waals surface area contributed by atoms with Gasteiger partial charge in [0, 0.05) is 16.4 Å². The van der Waals surface area contributed by atoms with Crippen molar-refractivity contribution in [2.75, 3.05) is 23.8 Å². The van der Waals surface area contributed by atoms with E-state index in [1.54, 1.807) is 49.4 Å². The van der Waals surface area contributed by atoms with Crippen molar-refractivity contribution in [1.82, 2.24) is 0 Å². The topological polar surface area (TPSA) is 100 Å². The lowest BCUT2D eigenvalue weighted by molar-refractivity contribution is -0.118. The molecule has 2 N–H and O–H groups in total. The van der Waals surface area contributed by atoms with Crippen LogP contribution < -0.4 is 20.1 Å². The predicted molar refractivity (Wildman–Crippen MR) is 147 cm³/mol. The molecule has 0 saturated heterocycles. The van der Waals surface area contributed by atoms with Gasteiger partial charge < -0.3 is 20.1 Å². The first-order chi connectivity index (χ1) is 17.7. The Morgan fingerprint density at radius 1 is 0.892 bits per heavy atom. The van der Waals surface area contributed by atoms with Gasteiger partial charge in [0.05, 0.1) is 21.7 Å². The first-order valence-corrected chi connectivity index (χ1v) is 12.2. The Morgan fingerprint density at radius 2 is 1.59 bits per heavy atom. The van der Waals surface area contributed by atoms with E-state index in [1.807, 2.05) is 6.07 Å². The Hall–Kier alpha value is -3.41. The van der Waals surface area contributed by atoms with Gasteiger partial charge in [0.15, 0.2) is 18.1 Å². The van der Waals surface area contributed by atoms with Crippen LogP contribution in [0.4, 0.5) is 11.4 Å². The molecule has 0 aromatic heterocycles. The molecule has 0 heterocycles. The van der Waals surface area contributed by atoms with Gasteiger partial charge in [-0.1, -0.05) is 46.4 Å². The molecular weight excluding hydrogens is 560 g/mol. The molecule has 0 atom stereocenters. The van der Waals surface area contributed by atoms with Gasteiger partial charge in [-0.3, -0.25) is 9.59 Å². The van der Waals surface area contributed by atoms with Gasteiger partial charge in [-0.15, -0.1) is 0 Å². The number of nitrogens with one attached hydrogen (secondary N) is 2. The number of amides is 2. The van der Waals surface area contributed by atoms with Crippen LogP contribution in [-0.2, 0) is 9.59 Å². The zero-order valence-electron chi connectivity index (χ0n) is 19.3. The third-order valence-electron chi connectivity index (χ3n) is 4.66. The highest BCUT2D eigenvalue weighted by Crippen LogP contribution is 2.37. The maximum absolute atomic E-state index is 12.6. The molecule has 0 bridgehead atoms. The lowest BCUT2D eigenvalue weighted by Gasteiger charge is -2.15. The van der Waals surface area contributed by atoms with E-state index in [4.69, 9.17) is 55.9 Å². The molecule has 7 nitrogen and oxygen atoms in total. The first-order valence-electron chi connectivity index (χ1n) is 10.7. The molecular formula is C26H19Cl4N3O4. The SMILES string of the molecule is CCOc1cc(/C=C(/C#N)C(=O)Nc2ccc(Cl)cc2)cc(Cl)c1OCC(=O)Nc1ccc(Cl)c(Cl)c1. The van der Waals surface area contributed by atoms with Crippen LogP contribution >= 0.6 is 46.4 Å². The number of carbonyl (C=O) groups is 2. The number of rotatable bonds is 9. The number of anilines is 2. The maximum Gasteiger partial charge on any atom is 0.266 e. The molecule has 0 radical (unpaired) electrons. The van der Waals surface area contributed by atoms with Crippen molar-refractivity contribution >= 4 is 75.7 Å². The minimum atomic E-state index is -0.613. The van der Waals surface area contributed by atoms with Gasteiger partial charge in [-0.2, -0.15) is 5.26 Å². The largest absolute Gasteiger partial charge is 0.490 e. The Bertz CT molecular complexity index is 1390. The smallest absolute Gasteiger partial charge is 0.266 e. The molecule has 2 amide bonds. The van der Waals surface area contributed by atoms with E-state index < -0.39 is 11.8 Å². The number of nitriles is 1. The van der Waals surface area contributed by atoms with Gasteiger partial charge in [-0.05, 0) is 73.2 Å². The fraction of sp³-hybridized carbons (Fsp3) is 0.115. The van der Waals surface area contributed by atoms with E-state index in [0.717, 1.165) is 0 Å². The number of hydrogen-bond acceptors (Lipinski definition) is 5. The van der Waals surface area contributed by atoms with E-state index in [2.05, 4.69) is 10.6 Å². The van der Waals surface area contributed by atoms with Crippen LogP contribution in [-0.4, -0.2) is 25.0 Å². The molecule has 11 heteroatoms. The summed E-state index contributed by atoms with van der Waals surface area (Å²) >= 11 is 24.1. The highest BCUT2D eigenvalue weighted by Gasteiger charge is 2.16. The van der Waals surface area contributed by atoms with Crippen molar-refractivity contribution in [2.45, 2.75) is 6.92 Å². The number of halogens is 4. The molecule has 3 rings (SSSR count). The molecule has 0 spiro atoms. The lowest BCUT2D eigenvalue weighted by atomic mass is 10.1. The summed E-state index contributed by atoms with van der Waals surface area (Å²) in [5, 5.41) is 16.1. The zero-order chi connectivity index (χ0) is 26.9. The summed E-state index contributed by atoms with van der Waals surface area (Å²) in [4.78, 5) is 24.9. The van der Waals surface area contributed by atoms with E-state index in [1.165, 1.54) is 18.2 Å². The van der Waals surface area contributed by atoms with E-state index in [-0.39, 0.29) is 35.3 Å². The Balaban J connectivity index is 1.76. The molecule has 190 valence electrons. The number of hydrogen-bond donors (Lipinski definition) is 2. The Kier molecular flexibility index (Phi) is 10.1. The summed E-state index contributed by atoms with van der Waals surface area (Å²) < 4.78 is 11.2. The van der Waals surface area contributed by atoms with Crippen molar-refractivity contribution in [3.05, 3.63) is 85.8 Å². The standard InChI is InChI=1S/C26H19Cl4N3O4/c1-2-36-23-11-15(9-16(13-31)26(35)33-18-5-3-17(27)4-6-18)10-22(30)25(23)37-14-24(34)32-19-7-8-20(28)21(29)12-19/h3-12H,2,14H2,1H3,(H,32,34)(H,33,35)/b16-9-. The average molecular weight is 579 g/mol. The van der Waals surface area contributed by atoms with Crippen LogP contribution in [0.15, 0.2) is 60.2 Å². The van der Waals surface area contributed by atoms with Crippen molar-refractivity contribution < 1.29 is 19.1 Å². The minimum Gasteiger partial charge on any atom is -0.490 e. The second-order valence-corrected chi connectivity index (χ2v) is 9.02. The van der Waals surface area contributed by atoms with Crippen LogP contribution in [0.1, 0.15) is 12.5 Å². The number of carbonyl (C=O) groups excluding carboxylic acids is 2. The minimum absolute atomic E-state index is 0.120. The summed E-state index contributed by atoms with van der Waals surface area (Å²) in [5.74, 6) is -0.710. The summed E-state index contributed by atoms with van der Waals surface area (Å²) in [6, 6.07) is 16.0. The predicted octanol–water partition coefficient (Wildman–Crippen LogP) is 7.26. The normalized spacial score (nSPS) is 10.9. The van der Waals surface area contributed by atoms with Crippen LogP contribution in [0.5, 0.6) is 11.5 Å². The average Bonchev–Trinajstić information content (AvgIpc) is 2.85. The molecule has 0 unspecified atom stereocenters. The van der Waals surface area contributed by atoms with Gasteiger partial charge >= 0.3 is 0 Å². The number of benzene rings is 3. The monoisotopic (exact) mass is 577 g/mol. The zero-order valence-corrected chi connectivity index (χ0v) is 22.3. The lowest BCUT2D eigenvalue weighted by Crippen LogP contribution is -2.20. The van der Waals surface area contributed by atoms with Crippen molar-refractivity contribution in [2.24, 2.45) is 0 Å². The van der Waals surface area contributed by atoms with Gasteiger partial charge in [0.25, 0.3) is 11.8 Å². The quantitative estimate of drug-likeness (QED) is 0.205. The van der Waals surface area contributed by atoms with Gasteiger partial charge in [0.2, 0.25) is 0 Å². The maximum atomic E-state index is 12.6. The van der Waals surface area contributed by atoms with Crippen molar-refractivity contribution in [1.29, 1.82) is 5.26 Å². The van der Waals surface area contributed by atoms with Crippen LogP contribution in [0.2, 0.25) is 20.1 Å². The third-order valence-corrected chi connectivity index (χ3v) is 5.93. The number of ether oxygens (including phenoxy) is 2. The summed E-state index contributed by atoms with van der Waals surface area (Å²) in [6.45, 7) is 1.66. The van der Waals surface area contributed by atoms with Crippen molar-refractivity contribution in [3.63, 3.8) is 0 Å². The highest BCUT2D eigenvalue weighted by molar-refractivity contribution is 6.42. The second-order valence-electron chi connectivity index (χ2n) is 7.36. The summed E-state index contributed by atoms with van der Waals surface area (Å²) in [6.07, 6.45) is 1.36. The van der Waals surface area contributed by atoms with Crippen LogP contribution in [0.25, 0.3) is 6.08 Å². The van der Waals surface area contributed by atoms with Gasteiger partial charge in [-0.25, -0.2) is 0 Å². The summed E-state index contributed by atoms with van der Waals surface area (Å²) in [5.41, 5.74) is 1.18. The molecule has 0 saturated carbocycles. The Morgan fingerprint density at radius 3 is 2.24 bits per heavy atom. The fourth-order valence-electron chi connectivity index (χ4n) is 3.03. The molecule has 0 aliphatic rings. The highest BCUT2D eigenvalue weighted by atomic mass is 35.5. The molecule has 3 aromatic rings. The first kappa shape index (κ1) is 28.2. The molecule has 0 aliphatic carbocycles. The third kappa shape index (κ3) is 8.04. The van der Waals surface area contributed by atoms with E-state index in [9.17, 15) is 14.9 Å². The van der Waals surface area contributed by atoms with Crippen LogP contribution in [0.3, 0.4) is 0 Å². The molecule has 37 heavy (non-hydrogen) atoms. The Labute approximate surface area is 233 Å². The summed E-state index contributed by atoms with van der Waals surface area (Å²) in [7, 11) is 0. The molecule has 0 aliphatic heterocycles. The van der Waals surface area contributed by atoms with Crippen LogP contribution in [0, 0.1) is 11.3 Å². The van der Waals surface area contributed by atoms with E-state index in [0.29, 0.717) is 32.0 Å². The molecule has 3 aromatic carbocycles. The second kappa shape index (κ2) is 13.2.